The van der Waals surface area contributed by atoms with Gasteiger partial charge in [0.15, 0.2) is 0 Å². The van der Waals surface area contributed by atoms with Crippen molar-refractivity contribution in [3.63, 3.8) is 0 Å². The van der Waals surface area contributed by atoms with Gasteiger partial charge in [0.25, 0.3) is 17.7 Å². The molecule has 0 saturated heterocycles. The number of nitrogens with two attached hydrogens (primary N) is 1. The van der Waals surface area contributed by atoms with Crippen molar-refractivity contribution in [3.05, 3.63) is 59.4 Å². The standard InChI is InChI=1S/C18H16FN5O3/c1-10-2-5-12(6-3-10)24-15(25)9-21-17(23-24)18(27)22-11-4-7-14(19)13(8-11)16(20)26/h2-8H,9H2,1H3,(H2,20,26)(H,21,23)(H,22,27). The second kappa shape index (κ2) is 7.24. The first-order chi connectivity index (χ1) is 12.8. The molecule has 3 rings (SSSR count). The second-order valence-electron chi connectivity index (χ2n) is 5.85. The molecule has 0 atom stereocenters. The van der Waals surface area contributed by atoms with E-state index in [9.17, 15) is 18.8 Å². The number of hydrazine groups is 1. The molecule has 0 radical (unpaired) electrons. The van der Waals surface area contributed by atoms with Crippen LogP contribution in [0.25, 0.3) is 0 Å². The Hall–Kier alpha value is -3.75. The number of hydrogen-bond donors (Lipinski definition) is 3. The summed E-state index contributed by atoms with van der Waals surface area (Å²) < 4.78 is 13.5. The molecule has 0 bridgehead atoms. The van der Waals surface area contributed by atoms with Crippen molar-refractivity contribution in [1.29, 1.82) is 0 Å². The van der Waals surface area contributed by atoms with Crippen LogP contribution in [0.1, 0.15) is 15.9 Å². The number of carbonyl (C=O) groups excluding carboxylic acids is 3. The van der Waals surface area contributed by atoms with Crippen LogP contribution in [0.4, 0.5) is 15.8 Å². The van der Waals surface area contributed by atoms with Crippen LogP contribution in [0.2, 0.25) is 0 Å². The van der Waals surface area contributed by atoms with Gasteiger partial charge in [0.2, 0.25) is 5.84 Å². The van der Waals surface area contributed by atoms with Crippen LogP contribution in [-0.4, -0.2) is 30.1 Å². The van der Waals surface area contributed by atoms with Crippen LogP contribution in [-0.2, 0) is 9.59 Å². The van der Waals surface area contributed by atoms with Gasteiger partial charge in [-0.2, -0.15) is 0 Å². The number of benzene rings is 2. The van der Waals surface area contributed by atoms with Gasteiger partial charge in [0, 0.05) is 5.69 Å². The zero-order valence-corrected chi connectivity index (χ0v) is 14.3. The summed E-state index contributed by atoms with van der Waals surface area (Å²) in [6, 6.07) is 10.6. The molecule has 3 amide bonds. The Balaban J connectivity index is 1.77. The van der Waals surface area contributed by atoms with Crippen LogP contribution >= 0.6 is 0 Å². The minimum atomic E-state index is -0.951. The summed E-state index contributed by atoms with van der Waals surface area (Å²) in [6.45, 7) is 1.71. The third kappa shape index (κ3) is 3.92. The summed E-state index contributed by atoms with van der Waals surface area (Å²) in [5.41, 5.74) is 9.16. The topological polar surface area (TPSA) is 117 Å². The molecule has 2 aromatic carbocycles. The number of aryl methyl sites for hydroxylation is 1. The molecule has 27 heavy (non-hydrogen) atoms. The van der Waals surface area contributed by atoms with Crippen molar-refractivity contribution in [3.8, 4) is 0 Å². The highest BCUT2D eigenvalue weighted by Gasteiger charge is 2.25. The first-order valence-corrected chi connectivity index (χ1v) is 7.96. The average molecular weight is 369 g/mol. The van der Waals surface area contributed by atoms with Gasteiger partial charge in [-0.05, 0) is 37.3 Å². The molecule has 1 heterocycles. The van der Waals surface area contributed by atoms with Crippen molar-refractivity contribution in [2.24, 2.45) is 10.7 Å². The molecule has 0 spiro atoms. The molecular formula is C18H16FN5O3. The lowest BCUT2D eigenvalue weighted by Gasteiger charge is -2.27. The number of primary amides is 1. The van der Waals surface area contributed by atoms with E-state index in [0.29, 0.717) is 5.69 Å². The zero-order valence-electron chi connectivity index (χ0n) is 14.3. The SMILES string of the molecule is Cc1ccc(N2NC(C(=O)Nc3ccc(F)c(C(N)=O)c3)=NCC2=O)cc1. The Bertz CT molecular complexity index is 956. The van der Waals surface area contributed by atoms with Crippen molar-refractivity contribution < 1.29 is 18.8 Å². The van der Waals surface area contributed by atoms with Crippen LogP contribution in [0.3, 0.4) is 0 Å². The number of hydrogen-bond acceptors (Lipinski definition) is 5. The number of amidine groups is 1. The van der Waals surface area contributed by atoms with E-state index in [4.69, 9.17) is 5.73 Å². The highest BCUT2D eigenvalue weighted by atomic mass is 19.1. The number of rotatable bonds is 4. The summed E-state index contributed by atoms with van der Waals surface area (Å²) in [5.74, 6) is -2.81. The summed E-state index contributed by atoms with van der Waals surface area (Å²) >= 11 is 0. The van der Waals surface area contributed by atoms with Crippen molar-refractivity contribution in [2.75, 3.05) is 16.9 Å². The Labute approximate surface area is 153 Å². The van der Waals surface area contributed by atoms with Crippen molar-refractivity contribution in [2.45, 2.75) is 6.92 Å². The fourth-order valence-corrected chi connectivity index (χ4v) is 2.43. The molecule has 4 N–H and O–H groups in total. The number of aliphatic imine (C=N–C) groups is 1. The summed E-state index contributed by atoms with van der Waals surface area (Å²) in [5, 5.41) is 3.71. The maximum atomic E-state index is 13.5. The molecule has 138 valence electrons. The molecule has 1 aliphatic rings. The maximum absolute atomic E-state index is 13.5. The smallest absolute Gasteiger partial charge is 0.292 e. The molecule has 8 nitrogen and oxygen atoms in total. The molecular weight excluding hydrogens is 353 g/mol. The van der Waals surface area contributed by atoms with E-state index in [1.165, 1.54) is 11.1 Å². The lowest BCUT2D eigenvalue weighted by atomic mass is 10.1. The number of nitrogens with one attached hydrogen (secondary N) is 2. The number of halogens is 1. The Morgan fingerprint density at radius 3 is 2.59 bits per heavy atom. The fourth-order valence-electron chi connectivity index (χ4n) is 2.43. The number of carbonyl (C=O) groups is 3. The normalized spacial score (nSPS) is 13.6. The highest BCUT2D eigenvalue weighted by Crippen LogP contribution is 2.17. The monoisotopic (exact) mass is 369 g/mol. The largest absolute Gasteiger partial charge is 0.366 e. The Kier molecular flexibility index (Phi) is 4.84. The first kappa shape index (κ1) is 18.1. The van der Waals surface area contributed by atoms with E-state index in [2.05, 4.69) is 15.7 Å². The molecule has 0 aromatic heterocycles. The summed E-state index contributed by atoms with van der Waals surface area (Å²) in [7, 11) is 0. The van der Waals surface area contributed by atoms with Gasteiger partial charge < -0.3 is 11.1 Å². The Morgan fingerprint density at radius 1 is 1.22 bits per heavy atom. The van der Waals surface area contributed by atoms with Crippen LogP contribution in [0.15, 0.2) is 47.5 Å². The number of anilines is 2. The third-order valence-electron chi connectivity index (χ3n) is 3.84. The van der Waals surface area contributed by atoms with Gasteiger partial charge >= 0.3 is 0 Å². The lowest BCUT2D eigenvalue weighted by molar-refractivity contribution is -0.118. The van der Waals surface area contributed by atoms with Gasteiger partial charge in [-0.25, -0.2) is 9.40 Å². The third-order valence-corrected chi connectivity index (χ3v) is 3.84. The minimum absolute atomic E-state index is 0.0971. The molecule has 2 aromatic rings. The predicted molar refractivity (Wildman–Crippen MR) is 97.7 cm³/mol. The molecule has 1 aliphatic heterocycles. The number of amides is 3. The van der Waals surface area contributed by atoms with Crippen molar-refractivity contribution in [1.82, 2.24) is 5.43 Å². The van der Waals surface area contributed by atoms with E-state index in [-0.39, 0.29) is 29.5 Å². The van der Waals surface area contributed by atoms with Crippen LogP contribution < -0.4 is 21.5 Å². The van der Waals surface area contributed by atoms with Gasteiger partial charge in [0.05, 0.1) is 11.3 Å². The van der Waals surface area contributed by atoms with E-state index in [1.54, 1.807) is 12.1 Å². The predicted octanol–water partition coefficient (Wildman–Crippen LogP) is 1.12. The molecule has 0 aliphatic carbocycles. The molecule has 0 saturated carbocycles. The minimum Gasteiger partial charge on any atom is -0.366 e. The van der Waals surface area contributed by atoms with Crippen LogP contribution in [0, 0.1) is 12.7 Å². The lowest BCUT2D eigenvalue weighted by Crippen LogP contribution is -2.54. The van der Waals surface area contributed by atoms with Gasteiger partial charge in [-0.1, -0.05) is 17.7 Å². The summed E-state index contributed by atoms with van der Waals surface area (Å²) in [4.78, 5) is 39.6. The van der Waals surface area contributed by atoms with E-state index >= 15 is 0 Å². The quantitative estimate of drug-likeness (QED) is 0.749. The van der Waals surface area contributed by atoms with E-state index in [1.807, 2.05) is 19.1 Å². The molecule has 0 unspecified atom stereocenters. The highest BCUT2D eigenvalue weighted by molar-refractivity contribution is 6.43. The maximum Gasteiger partial charge on any atom is 0.292 e. The number of nitrogens with zero attached hydrogens (tertiary/aromatic N) is 2. The van der Waals surface area contributed by atoms with Gasteiger partial charge in [-0.15, -0.1) is 0 Å². The summed E-state index contributed by atoms with van der Waals surface area (Å²) in [6.07, 6.45) is 0. The Morgan fingerprint density at radius 2 is 1.93 bits per heavy atom. The first-order valence-electron chi connectivity index (χ1n) is 7.96. The van der Waals surface area contributed by atoms with E-state index < -0.39 is 17.6 Å². The van der Waals surface area contributed by atoms with Crippen LogP contribution in [0.5, 0.6) is 0 Å². The zero-order chi connectivity index (χ0) is 19.6. The fraction of sp³-hybridized carbons (Fsp3) is 0.111. The van der Waals surface area contributed by atoms with Crippen molar-refractivity contribution >= 4 is 34.9 Å². The average Bonchev–Trinajstić information content (AvgIpc) is 2.64. The van der Waals surface area contributed by atoms with Gasteiger partial charge in [-0.3, -0.25) is 24.8 Å². The second-order valence-corrected chi connectivity index (χ2v) is 5.85. The van der Waals surface area contributed by atoms with E-state index in [0.717, 1.165) is 17.7 Å². The van der Waals surface area contributed by atoms with Gasteiger partial charge in [0.1, 0.15) is 12.4 Å². The molecule has 9 heteroatoms. The molecule has 0 fully saturated rings.